The summed E-state index contributed by atoms with van der Waals surface area (Å²) >= 11 is 0. The van der Waals surface area contributed by atoms with Gasteiger partial charge in [-0.2, -0.15) is 0 Å². The lowest BCUT2D eigenvalue weighted by molar-refractivity contribution is 0.135. The molecule has 1 saturated carbocycles. The highest BCUT2D eigenvalue weighted by Crippen LogP contribution is 2.45. The van der Waals surface area contributed by atoms with Crippen molar-refractivity contribution >= 4 is 5.57 Å². The Hall–Kier alpha value is -3.00. The molecule has 1 aromatic heterocycles. The molecule has 3 aromatic rings. The van der Waals surface area contributed by atoms with Gasteiger partial charge in [0.1, 0.15) is 17.7 Å². The minimum absolute atomic E-state index is 0.0371. The summed E-state index contributed by atoms with van der Waals surface area (Å²) in [5.74, 6) is 1.11. The summed E-state index contributed by atoms with van der Waals surface area (Å²) in [7, 11) is 0. The summed E-state index contributed by atoms with van der Waals surface area (Å²) in [6.45, 7) is 5.12. The number of aryl methyl sites for hydroxylation is 1. The molecule has 5 unspecified atom stereocenters. The zero-order chi connectivity index (χ0) is 26.1. The SMILES string of the molecule is CCc1cc(O)ccc1C1CCC2C(c3ncc(C4=CCN(CCc5ccccc5)CC4)[nH]3)NNC2C1F. The van der Waals surface area contributed by atoms with Crippen LogP contribution in [-0.2, 0) is 12.8 Å². The fraction of sp³-hybridized carbons (Fsp3) is 0.452. The van der Waals surface area contributed by atoms with E-state index in [2.05, 4.69) is 64.1 Å². The van der Waals surface area contributed by atoms with E-state index in [0.29, 0.717) is 0 Å². The topological polar surface area (TPSA) is 76.2 Å². The van der Waals surface area contributed by atoms with Crippen molar-refractivity contribution in [3.8, 4) is 5.75 Å². The molecule has 7 heteroatoms. The molecular weight excluding hydrogens is 477 g/mol. The third-order valence-electron chi connectivity index (χ3n) is 8.83. The van der Waals surface area contributed by atoms with Crippen molar-refractivity contribution in [1.29, 1.82) is 0 Å². The number of imidazole rings is 1. The minimum atomic E-state index is -1.00. The van der Waals surface area contributed by atoms with E-state index in [0.717, 1.165) is 74.4 Å². The summed E-state index contributed by atoms with van der Waals surface area (Å²) in [5.41, 5.74) is 12.5. The molecule has 2 aromatic carbocycles. The van der Waals surface area contributed by atoms with Crippen LogP contribution in [0.5, 0.6) is 5.75 Å². The highest BCUT2D eigenvalue weighted by molar-refractivity contribution is 5.63. The molecule has 200 valence electrons. The molecular formula is C31H38FN5O. The van der Waals surface area contributed by atoms with E-state index in [1.165, 1.54) is 11.1 Å². The maximum atomic E-state index is 15.9. The number of H-pyrrole nitrogens is 1. The number of fused-ring (bicyclic) bond motifs is 1. The second-order valence-electron chi connectivity index (χ2n) is 11.0. The van der Waals surface area contributed by atoms with E-state index in [1.54, 1.807) is 12.1 Å². The third-order valence-corrected chi connectivity index (χ3v) is 8.83. The predicted molar refractivity (Wildman–Crippen MR) is 148 cm³/mol. The highest BCUT2D eigenvalue weighted by Gasteiger charge is 2.48. The van der Waals surface area contributed by atoms with Crippen LogP contribution in [-0.4, -0.2) is 51.8 Å². The van der Waals surface area contributed by atoms with E-state index in [9.17, 15) is 5.11 Å². The average Bonchev–Trinajstić information content (AvgIpc) is 3.61. The van der Waals surface area contributed by atoms with Crippen LogP contribution in [0.4, 0.5) is 4.39 Å². The van der Waals surface area contributed by atoms with E-state index in [-0.39, 0.29) is 29.7 Å². The van der Waals surface area contributed by atoms with Crippen molar-refractivity contribution in [3.05, 3.63) is 89.0 Å². The van der Waals surface area contributed by atoms with Gasteiger partial charge >= 0.3 is 0 Å². The van der Waals surface area contributed by atoms with E-state index < -0.39 is 6.17 Å². The van der Waals surface area contributed by atoms with Crippen LogP contribution in [0.25, 0.3) is 5.57 Å². The number of aromatic amines is 1. The van der Waals surface area contributed by atoms with Gasteiger partial charge in [0.2, 0.25) is 0 Å². The predicted octanol–water partition coefficient (Wildman–Crippen LogP) is 5.06. The Morgan fingerprint density at radius 2 is 1.97 bits per heavy atom. The molecule has 38 heavy (non-hydrogen) atoms. The first-order valence-electron chi connectivity index (χ1n) is 14.1. The number of rotatable bonds is 7. The first-order valence-corrected chi connectivity index (χ1v) is 14.1. The fourth-order valence-electron chi connectivity index (χ4n) is 6.66. The number of phenols is 1. The molecule has 0 bridgehead atoms. The Bertz CT molecular complexity index is 1270. The van der Waals surface area contributed by atoms with E-state index in [1.807, 2.05) is 12.3 Å². The Morgan fingerprint density at radius 1 is 1.11 bits per heavy atom. The highest BCUT2D eigenvalue weighted by atomic mass is 19.1. The summed E-state index contributed by atoms with van der Waals surface area (Å²) in [6.07, 6.45) is 7.82. The molecule has 6 rings (SSSR count). The van der Waals surface area contributed by atoms with Gasteiger partial charge in [-0.15, -0.1) is 0 Å². The summed E-state index contributed by atoms with van der Waals surface area (Å²) in [5, 5.41) is 9.89. The Balaban J connectivity index is 1.09. The van der Waals surface area contributed by atoms with Crippen LogP contribution in [0.3, 0.4) is 0 Å². The number of nitrogens with zero attached hydrogens (tertiary/aromatic N) is 2. The molecule has 1 aliphatic carbocycles. The van der Waals surface area contributed by atoms with Crippen molar-refractivity contribution in [2.75, 3.05) is 19.6 Å². The number of halogens is 1. The van der Waals surface area contributed by atoms with Gasteiger partial charge in [0, 0.05) is 31.5 Å². The van der Waals surface area contributed by atoms with Gasteiger partial charge in [-0.25, -0.2) is 14.8 Å². The number of phenolic OH excluding ortho intramolecular Hbond substituents is 1. The van der Waals surface area contributed by atoms with Crippen LogP contribution in [0.1, 0.15) is 66.4 Å². The monoisotopic (exact) mass is 515 g/mol. The number of aromatic hydroxyl groups is 1. The first kappa shape index (κ1) is 25.3. The number of hydrogen-bond donors (Lipinski definition) is 4. The zero-order valence-corrected chi connectivity index (χ0v) is 22.0. The number of alkyl halides is 1. The molecule has 3 aliphatic rings. The van der Waals surface area contributed by atoms with Crippen LogP contribution in [0, 0.1) is 5.92 Å². The van der Waals surface area contributed by atoms with Crippen molar-refractivity contribution in [2.24, 2.45) is 5.92 Å². The normalized spacial score (nSPS) is 27.7. The molecule has 4 N–H and O–H groups in total. The number of benzene rings is 2. The Kier molecular flexibility index (Phi) is 7.32. The van der Waals surface area contributed by atoms with Crippen LogP contribution >= 0.6 is 0 Å². The van der Waals surface area contributed by atoms with Gasteiger partial charge in [0.05, 0.1) is 24.0 Å². The van der Waals surface area contributed by atoms with Crippen molar-refractivity contribution < 1.29 is 9.50 Å². The quantitative estimate of drug-likeness (QED) is 0.354. The molecule has 0 radical (unpaired) electrons. The standard InChI is InChI=1S/C31H38FN5O/c1-2-21-18-23(38)8-9-24(21)25-10-11-26-29(28(25)32)35-36-30(26)31-33-19-27(34-31)22-13-16-37(17-14-22)15-12-20-6-4-3-5-7-20/h3-9,13,18-19,25-26,28-30,35-36,38H,2,10-12,14-17H2,1H3,(H,33,34). The number of hydrogen-bond acceptors (Lipinski definition) is 5. The molecule has 1 saturated heterocycles. The minimum Gasteiger partial charge on any atom is -0.508 e. The second-order valence-corrected chi connectivity index (χ2v) is 11.0. The maximum Gasteiger partial charge on any atom is 0.125 e. The van der Waals surface area contributed by atoms with E-state index in [4.69, 9.17) is 4.98 Å². The summed E-state index contributed by atoms with van der Waals surface area (Å²) in [6, 6.07) is 15.7. The van der Waals surface area contributed by atoms with Gasteiger partial charge in [0.15, 0.2) is 0 Å². The lowest BCUT2D eigenvalue weighted by Gasteiger charge is -2.36. The van der Waals surface area contributed by atoms with Gasteiger partial charge in [-0.3, -0.25) is 10.3 Å². The van der Waals surface area contributed by atoms with Crippen LogP contribution in [0.15, 0.2) is 60.8 Å². The lowest BCUT2D eigenvalue weighted by atomic mass is 9.71. The van der Waals surface area contributed by atoms with Crippen molar-refractivity contribution in [2.45, 2.75) is 63.2 Å². The van der Waals surface area contributed by atoms with E-state index >= 15 is 4.39 Å². The van der Waals surface area contributed by atoms with Gasteiger partial charge in [-0.1, -0.05) is 49.4 Å². The van der Waals surface area contributed by atoms with Crippen LogP contribution < -0.4 is 10.9 Å². The number of nitrogens with one attached hydrogen (secondary N) is 3. The largest absolute Gasteiger partial charge is 0.508 e. The molecule has 5 atom stereocenters. The van der Waals surface area contributed by atoms with Crippen LogP contribution in [0.2, 0.25) is 0 Å². The van der Waals surface area contributed by atoms with Gasteiger partial charge in [0.25, 0.3) is 0 Å². The average molecular weight is 516 g/mol. The molecule has 2 aliphatic heterocycles. The van der Waals surface area contributed by atoms with Gasteiger partial charge in [-0.05, 0) is 66.5 Å². The molecule has 3 heterocycles. The fourth-order valence-corrected chi connectivity index (χ4v) is 6.66. The zero-order valence-electron chi connectivity index (χ0n) is 22.0. The maximum absolute atomic E-state index is 15.9. The second kappa shape index (κ2) is 11.0. The Morgan fingerprint density at radius 3 is 2.76 bits per heavy atom. The molecule has 0 spiro atoms. The third kappa shape index (κ3) is 5.03. The Labute approximate surface area is 224 Å². The molecule has 2 fully saturated rings. The smallest absolute Gasteiger partial charge is 0.125 e. The van der Waals surface area contributed by atoms with Gasteiger partial charge < -0.3 is 10.1 Å². The summed E-state index contributed by atoms with van der Waals surface area (Å²) in [4.78, 5) is 10.8. The first-order chi connectivity index (χ1) is 18.6. The number of aromatic nitrogens is 2. The summed E-state index contributed by atoms with van der Waals surface area (Å²) < 4.78 is 15.9. The van der Waals surface area contributed by atoms with Crippen molar-refractivity contribution in [1.82, 2.24) is 25.7 Å². The van der Waals surface area contributed by atoms with Crippen molar-refractivity contribution in [3.63, 3.8) is 0 Å². The molecule has 0 amide bonds. The lowest BCUT2D eigenvalue weighted by Crippen LogP contribution is -2.45. The number of hydrazine groups is 1. The molecule has 6 nitrogen and oxygen atoms in total.